The SMILES string of the molecule is Cc1cnc(C2(c3ccc(Br)cc3)CCNCC2)o1. The quantitative estimate of drug-likeness (QED) is 0.921. The lowest BCUT2D eigenvalue weighted by atomic mass is 9.73. The molecule has 0 radical (unpaired) electrons. The number of aromatic nitrogens is 1. The molecule has 100 valence electrons. The average Bonchev–Trinajstić information content (AvgIpc) is 2.87. The van der Waals surface area contributed by atoms with Crippen molar-refractivity contribution in [3.8, 4) is 0 Å². The minimum absolute atomic E-state index is 0.0831. The molecule has 2 aromatic rings. The summed E-state index contributed by atoms with van der Waals surface area (Å²) < 4.78 is 6.96. The molecule has 0 bridgehead atoms. The first-order valence-corrected chi connectivity index (χ1v) is 7.40. The van der Waals surface area contributed by atoms with Gasteiger partial charge in [0, 0.05) is 4.47 Å². The van der Waals surface area contributed by atoms with Crippen molar-refractivity contribution in [3.05, 3.63) is 52.1 Å². The van der Waals surface area contributed by atoms with Crippen LogP contribution < -0.4 is 5.32 Å². The van der Waals surface area contributed by atoms with Crippen LogP contribution in [0, 0.1) is 6.92 Å². The predicted molar refractivity (Wildman–Crippen MR) is 78.3 cm³/mol. The summed E-state index contributed by atoms with van der Waals surface area (Å²) in [6, 6.07) is 8.54. The molecule has 3 rings (SSSR count). The summed E-state index contributed by atoms with van der Waals surface area (Å²) in [5, 5.41) is 3.42. The largest absolute Gasteiger partial charge is 0.445 e. The molecule has 0 saturated carbocycles. The van der Waals surface area contributed by atoms with Crippen molar-refractivity contribution >= 4 is 15.9 Å². The van der Waals surface area contributed by atoms with E-state index in [2.05, 4.69) is 50.5 Å². The molecule has 2 heterocycles. The van der Waals surface area contributed by atoms with Gasteiger partial charge in [0.15, 0.2) is 0 Å². The van der Waals surface area contributed by atoms with Crippen LogP contribution in [0.1, 0.15) is 30.1 Å². The van der Waals surface area contributed by atoms with E-state index in [-0.39, 0.29) is 5.41 Å². The lowest BCUT2D eigenvalue weighted by molar-refractivity contribution is 0.287. The van der Waals surface area contributed by atoms with Crippen molar-refractivity contribution < 1.29 is 4.42 Å². The monoisotopic (exact) mass is 320 g/mol. The Morgan fingerprint density at radius 2 is 1.89 bits per heavy atom. The summed E-state index contributed by atoms with van der Waals surface area (Å²) in [4.78, 5) is 4.50. The van der Waals surface area contributed by atoms with Crippen LogP contribution in [-0.2, 0) is 5.41 Å². The molecule has 0 amide bonds. The molecule has 1 aromatic carbocycles. The van der Waals surface area contributed by atoms with Crippen LogP contribution in [0.25, 0.3) is 0 Å². The van der Waals surface area contributed by atoms with Gasteiger partial charge < -0.3 is 9.73 Å². The molecular weight excluding hydrogens is 304 g/mol. The van der Waals surface area contributed by atoms with Gasteiger partial charge in [-0.2, -0.15) is 0 Å². The zero-order valence-corrected chi connectivity index (χ0v) is 12.5. The van der Waals surface area contributed by atoms with Crippen molar-refractivity contribution in [3.63, 3.8) is 0 Å². The highest BCUT2D eigenvalue weighted by Gasteiger charge is 2.39. The van der Waals surface area contributed by atoms with E-state index >= 15 is 0 Å². The Labute approximate surface area is 121 Å². The van der Waals surface area contributed by atoms with E-state index in [0.717, 1.165) is 42.1 Å². The lowest BCUT2D eigenvalue weighted by Crippen LogP contribution is -2.41. The van der Waals surface area contributed by atoms with Crippen LogP contribution >= 0.6 is 15.9 Å². The second-order valence-corrected chi connectivity index (χ2v) is 6.03. The number of nitrogens with zero attached hydrogens (tertiary/aromatic N) is 1. The van der Waals surface area contributed by atoms with E-state index < -0.39 is 0 Å². The Bertz CT molecular complexity index is 556. The standard InChI is InChI=1S/C15H17BrN2O/c1-11-10-18-14(19-11)15(6-8-17-9-7-15)12-2-4-13(16)5-3-12/h2-5,10,17H,6-9H2,1H3. The third kappa shape index (κ3) is 2.35. The smallest absolute Gasteiger partial charge is 0.205 e. The first-order chi connectivity index (χ1) is 9.21. The molecule has 3 nitrogen and oxygen atoms in total. The topological polar surface area (TPSA) is 38.1 Å². The third-order valence-electron chi connectivity index (χ3n) is 3.88. The number of rotatable bonds is 2. The minimum Gasteiger partial charge on any atom is -0.445 e. The first-order valence-electron chi connectivity index (χ1n) is 6.60. The van der Waals surface area contributed by atoms with Crippen molar-refractivity contribution in [1.29, 1.82) is 0 Å². The number of aryl methyl sites for hydroxylation is 1. The van der Waals surface area contributed by atoms with Crippen LogP contribution in [0.4, 0.5) is 0 Å². The summed E-state index contributed by atoms with van der Waals surface area (Å²) in [5.74, 6) is 1.74. The van der Waals surface area contributed by atoms with Gasteiger partial charge in [0.2, 0.25) is 5.89 Å². The molecule has 0 atom stereocenters. The second kappa shape index (κ2) is 5.10. The van der Waals surface area contributed by atoms with E-state index in [1.54, 1.807) is 0 Å². The molecule has 4 heteroatoms. The fourth-order valence-corrected chi connectivity index (χ4v) is 3.09. The van der Waals surface area contributed by atoms with E-state index in [1.165, 1.54) is 5.56 Å². The number of oxazole rings is 1. The molecule has 1 aliphatic heterocycles. The number of hydrogen-bond acceptors (Lipinski definition) is 3. The molecule has 1 aromatic heterocycles. The van der Waals surface area contributed by atoms with Crippen LogP contribution in [0.5, 0.6) is 0 Å². The number of benzene rings is 1. The molecule has 0 unspecified atom stereocenters. The van der Waals surface area contributed by atoms with Gasteiger partial charge in [-0.3, -0.25) is 0 Å². The number of piperidine rings is 1. The van der Waals surface area contributed by atoms with Crippen LogP contribution in [-0.4, -0.2) is 18.1 Å². The van der Waals surface area contributed by atoms with Crippen molar-refractivity contribution in [2.75, 3.05) is 13.1 Å². The fraction of sp³-hybridized carbons (Fsp3) is 0.400. The van der Waals surface area contributed by atoms with Gasteiger partial charge in [-0.1, -0.05) is 28.1 Å². The minimum atomic E-state index is -0.0831. The van der Waals surface area contributed by atoms with Crippen molar-refractivity contribution in [1.82, 2.24) is 10.3 Å². The molecular formula is C15H17BrN2O. The van der Waals surface area contributed by atoms with Crippen LogP contribution in [0.3, 0.4) is 0 Å². The number of hydrogen-bond donors (Lipinski definition) is 1. The Kier molecular flexibility index (Phi) is 3.46. The Balaban J connectivity index is 2.08. The molecule has 1 N–H and O–H groups in total. The summed E-state index contributed by atoms with van der Waals surface area (Å²) in [7, 11) is 0. The normalized spacial score (nSPS) is 18.4. The highest BCUT2D eigenvalue weighted by Crippen LogP contribution is 2.40. The molecule has 0 aliphatic carbocycles. The van der Waals surface area contributed by atoms with Crippen LogP contribution in [0.15, 0.2) is 39.4 Å². The van der Waals surface area contributed by atoms with Crippen LogP contribution in [0.2, 0.25) is 0 Å². The van der Waals surface area contributed by atoms with Crippen molar-refractivity contribution in [2.45, 2.75) is 25.2 Å². The molecule has 19 heavy (non-hydrogen) atoms. The zero-order chi connectivity index (χ0) is 13.3. The third-order valence-corrected chi connectivity index (χ3v) is 4.41. The summed E-state index contributed by atoms with van der Waals surface area (Å²) in [6.07, 6.45) is 3.86. The van der Waals surface area contributed by atoms with Gasteiger partial charge in [-0.15, -0.1) is 0 Å². The zero-order valence-electron chi connectivity index (χ0n) is 10.9. The first kappa shape index (κ1) is 12.9. The van der Waals surface area contributed by atoms with Gasteiger partial charge >= 0.3 is 0 Å². The molecule has 1 fully saturated rings. The maximum absolute atomic E-state index is 5.86. The Morgan fingerprint density at radius 3 is 2.47 bits per heavy atom. The summed E-state index contributed by atoms with van der Waals surface area (Å²) in [6.45, 7) is 3.95. The molecule has 1 saturated heterocycles. The van der Waals surface area contributed by atoms with Gasteiger partial charge in [0.25, 0.3) is 0 Å². The van der Waals surface area contributed by atoms with Gasteiger partial charge in [-0.25, -0.2) is 4.98 Å². The summed E-state index contributed by atoms with van der Waals surface area (Å²) >= 11 is 3.50. The summed E-state index contributed by atoms with van der Waals surface area (Å²) in [5.41, 5.74) is 1.21. The van der Waals surface area contributed by atoms with E-state index in [1.807, 2.05) is 13.1 Å². The number of halogens is 1. The molecule has 1 aliphatic rings. The van der Waals surface area contributed by atoms with Gasteiger partial charge in [-0.05, 0) is 50.6 Å². The maximum Gasteiger partial charge on any atom is 0.205 e. The number of nitrogens with one attached hydrogen (secondary N) is 1. The fourth-order valence-electron chi connectivity index (χ4n) is 2.82. The molecule has 0 spiro atoms. The average molecular weight is 321 g/mol. The second-order valence-electron chi connectivity index (χ2n) is 5.12. The van der Waals surface area contributed by atoms with Gasteiger partial charge in [0.1, 0.15) is 5.76 Å². The van der Waals surface area contributed by atoms with Gasteiger partial charge in [0.05, 0.1) is 11.6 Å². The van der Waals surface area contributed by atoms with E-state index in [4.69, 9.17) is 4.42 Å². The lowest BCUT2D eigenvalue weighted by Gasteiger charge is -2.35. The highest BCUT2D eigenvalue weighted by atomic mass is 79.9. The predicted octanol–water partition coefficient (Wildman–Crippen LogP) is 3.42. The Morgan fingerprint density at radius 1 is 1.21 bits per heavy atom. The van der Waals surface area contributed by atoms with Crippen molar-refractivity contribution in [2.24, 2.45) is 0 Å². The van der Waals surface area contributed by atoms with E-state index in [0.29, 0.717) is 0 Å². The maximum atomic E-state index is 5.86. The van der Waals surface area contributed by atoms with E-state index in [9.17, 15) is 0 Å². The highest BCUT2D eigenvalue weighted by molar-refractivity contribution is 9.10. The Hall–Kier alpha value is -1.13.